The molecular formula is C19H24O. The van der Waals surface area contributed by atoms with Gasteiger partial charge in [0.05, 0.1) is 0 Å². The summed E-state index contributed by atoms with van der Waals surface area (Å²) in [7, 11) is 0. The minimum atomic E-state index is -0.533. The molecule has 1 atom stereocenters. The molecule has 0 aromatic heterocycles. The van der Waals surface area contributed by atoms with Crippen LogP contribution in [-0.2, 0) is 12.8 Å². The molecule has 0 spiro atoms. The SMILES string of the molecule is CCc1ccc(C(O)c2ccc(CC(C)C)cc2)cc1. The third-order valence-electron chi connectivity index (χ3n) is 3.64. The zero-order valence-corrected chi connectivity index (χ0v) is 12.6. The van der Waals surface area contributed by atoms with E-state index in [1.807, 2.05) is 24.3 Å². The minimum Gasteiger partial charge on any atom is -0.384 e. The highest BCUT2D eigenvalue weighted by molar-refractivity contribution is 5.33. The molecule has 0 amide bonds. The van der Waals surface area contributed by atoms with Gasteiger partial charge in [-0.05, 0) is 41.0 Å². The van der Waals surface area contributed by atoms with Crippen LogP contribution < -0.4 is 0 Å². The largest absolute Gasteiger partial charge is 0.384 e. The molecule has 1 nitrogen and oxygen atoms in total. The zero-order chi connectivity index (χ0) is 14.5. The Bertz CT molecular complexity index is 523. The number of aliphatic hydroxyl groups excluding tert-OH is 1. The molecule has 0 saturated heterocycles. The number of benzene rings is 2. The van der Waals surface area contributed by atoms with Gasteiger partial charge in [-0.2, -0.15) is 0 Å². The van der Waals surface area contributed by atoms with E-state index in [4.69, 9.17) is 0 Å². The van der Waals surface area contributed by atoms with Crippen LogP contribution in [0.5, 0.6) is 0 Å². The fraction of sp³-hybridized carbons (Fsp3) is 0.368. The van der Waals surface area contributed by atoms with Crippen molar-refractivity contribution in [2.24, 2.45) is 5.92 Å². The molecule has 0 aliphatic carbocycles. The molecule has 2 aromatic rings. The highest BCUT2D eigenvalue weighted by atomic mass is 16.3. The quantitative estimate of drug-likeness (QED) is 0.844. The Balaban J connectivity index is 2.13. The summed E-state index contributed by atoms with van der Waals surface area (Å²) in [6.45, 7) is 6.58. The Morgan fingerprint density at radius 2 is 1.25 bits per heavy atom. The standard InChI is InChI=1S/C19H24O/c1-4-15-5-9-17(10-6-15)19(20)18-11-7-16(8-12-18)13-14(2)3/h5-12,14,19-20H,4,13H2,1-3H3. The van der Waals surface area contributed by atoms with E-state index >= 15 is 0 Å². The molecule has 0 radical (unpaired) electrons. The Kier molecular flexibility index (Phi) is 4.97. The predicted octanol–water partition coefficient (Wildman–Crippen LogP) is 4.53. The summed E-state index contributed by atoms with van der Waals surface area (Å²) >= 11 is 0. The highest BCUT2D eigenvalue weighted by Crippen LogP contribution is 2.23. The van der Waals surface area contributed by atoms with E-state index < -0.39 is 6.10 Å². The van der Waals surface area contributed by atoms with Gasteiger partial charge in [0, 0.05) is 0 Å². The topological polar surface area (TPSA) is 20.2 Å². The van der Waals surface area contributed by atoms with Gasteiger partial charge in [-0.1, -0.05) is 69.3 Å². The van der Waals surface area contributed by atoms with Crippen molar-refractivity contribution in [3.63, 3.8) is 0 Å². The number of aryl methyl sites for hydroxylation is 1. The molecule has 2 aromatic carbocycles. The van der Waals surface area contributed by atoms with E-state index in [0.29, 0.717) is 5.92 Å². The first-order valence-corrected chi connectivity index (χ1v) is 7.46. The van der Waals surface area contributed by atoms with Crippen LogP contribution in [0, 0.1) is 5.92 Å². The lowest BCUT2D eigenvalue weighted by Gasteiger charge is -2.13. The molecule has 20 heavy (non-hydrogen) atoms. The van der Waals surface area contributed by atoms with Crippen molar-refractivity contribution < 1.29 is 5.11 Å². The third kappa shape index (κ3) is 3.71. The Morgan fingerprint density at radius 1 is 0.800 bits per heavy atom. The molecule has 1 heteroatoms. The van der Waals surface area contributed by atoms with E-state index in [-0.39, 0.29) is 0 Å². The van der Waals surface area contributed by atoms with E-state index in [1.165, 1.54) is 11.1 Å². The second kappa shape index (κ2) is 6.71. The number of hydrogen-bond donors (Lipinski definition) is 1. The van der Waals surface area contributed by atoms with Gasteiger partial charge in [0.15, 0.2) is 0 Å². The summed E-state index contributed by atoms with van der Waals surface area (Å²) in [5.41, 5.74) is 4.55. The van der Waals surface area contributed by atoms with Gasteiger partial charge < -0.3 is 5.11 Å². The molecule has 2 rings (SSSR count). The average Bonchev–Trinajstić information content (AvgIpc) is 2.47. The molecule has 0 fully saturated rings. The molecule has 106 valence electrons. The Hall–Kier alpha value is -1.60. The van der Waals surface area contributed by atoms with Gasteiger partial charge in [-0.15, -0.1) is 0 Å². The van der Waals surface area contributed by atoms with E-state index in [1.54, 1.807) is 0 Å². The summed E-state index contributed by atoms with van der Waals surface area (Å²) < 4.78 is 0. The average molecular weight is 268 g/mol. The minimum absolute atomic E-state index is 0.533. The molecule has 0 aliphatic rings. The van der Waals surface area contributed by atoms with Crippen molar-refractivity contribution in [2.45, 2.75) is 39.7 Å². The maximum Gasteiger partial charge on any atom is 0.104 e. The van der Waals surface area contributed by atoms with Crippen LogP contribution in [0.25, 0.3) is 0 Å². The van der Waals surface area contributed by atoms with Gasteiger partial charge in [-0.25, -0.2) is 0 Å². The molecule has 0 saturated carbocycles. The first-order chi connectivity index (χ1) is 9.60. The summed E-state index contributed by atoms with van der Waals surface area (Å²) in [5, 5.41) is 10.4. The maximum absolute atomic E-state index is 10.4. The van der Waals surface area contributed by atoms with Crippen LogP contribution in [-0.4, -0.2) is 5.11 Å². The number of hydrogen-bond acceptors (Lipinski definition) is 1. The second-order valence-corrected chi connectivity index (χ2v) is 5.84. The zero-order valence-electron chi connectivity index (χ0n) is 12.6. The Labute approximate surface area is 122 Å². The Morgan fingerprint density at radius 3 is 1.65 bits per heavy atom. The smallest absolute Gasteiger partial charge is 0.104 e. The van der Waals surface area contributed by atoms with Crippen molar-refractivity contribution in [3.05, 3.63) is 70.8 Å². The maximum atomic E-state index is 10.4. The molecule has 0 bridgehead atoms. The van der Waals surface area contributed by atoms with Crippen LogP contribution in [0.15, 0.2) is 48.5 Å². The van der Waals surface area contributed by atoms with Crippen LogP contribution in [0.2, 0.25) is 0 Å². The predicted molar refractivity (Wildman–Crippen MR) is 84.9 cm³/mol. The second-order valence-electron chi connectivity index (χ2n) is 5.84. The lowest BCUT2D eigenvalue weighted by Crippen LogP contribution is -2.01. The van der Waals surface area contributed by atoms with Gasteiger partial charge in [0.1, 0.15) is 6.10 Å². The van der Waals surface area contributed by atoms with Crippen LogP contribution in [0.3, 0.4) is 0 Å². The van der Waals surface area contributed by atoms with Crippen molar-refractivity contribution in [1.29, 1.82) is 0 Å². The summed E-state index contributed by atoms with van der Waals surface area (Å²) in [5.74, 6) is 0.660. The molecular weight excluding hydrogens is 244 g/mol. The van der Waals surface area contributed by atoms with Crippen molar-refractivity contribution in [1.82, 2.24) is 0 Å². The van der Waals surface area contributed by atoms with Crippen LogP contribution in [0.4, 0.5) is 0 Å². The fourth-order valence-electron chi connectivity index (χ4n) is 2.44. The fourth-order valence-corrected chi connectivity index (χ4v) is 2.44. The van der Waals surface area contributed by atoms with E-state index in [2.05, 4.69) is 45.0 Å². The first kappa shape index (κ1) is 14.8. The van der Waals surface area contributed by atoms with Crippen molar-refractivity contribution in [2.75, 3.05) is 0 Å². The van der Waals surface area contributed by atoms with Gasteiger partial charge >= 0.3 is 0 Å². The van der Waals surface area contributed by atoms with E-state index in [0.717, 1.165) is 24.0 Å². The van der Waals surface area contributed by atoms with Crippen LogP contribution >= 0.6 is 0 Å². The van der Waals surface area contributed by atoms with Crippen molar-refractivity contribution in [3.8, 4) is 0 Å². The number of rotatable bonds is 5. The highest BCUT2D eigenvalue weighted by Gasteiger charge is 2.10. The van der Waals surface area contributed by atoms with Gasteiger partial charge in [0.2, 0.25) is 0 Å². The molecule has 0 aliphatic heterocycles. The molecule has 0 heterocycles. The summed E-state index contributed by atoms with van der Waals surface area (Å²) in [6, 6.07) is 16.5. The molecule has 1 N–H and O–H groups in total. The van der Waals surface area contributed by atoms with Crippen LogP contribution in [0.1, 0.15) is 49.1 Å². The first-order valence-electron chi connectivity index (χ1n) is 7.46. The third-order valence-corrected chi connectivity index (χ3v) is 3.64. The van der Waals surface area contributed by atoms with Gasteiger partial charge in [0.25, 0.3) is 0 Å². The lowest BCUT2D eigenvalue weighted by molar-refractivity contribution is 0.220. The summed E-state index contributed by atoms with van der Waals surface area (Å²) in [6.07, 6.45) is 1.58. The van der Waals surface area contributed by atoms with Gasteiger partial charge in [-0.3, -0.25) is 0 Å². The lowest BCUT2D eigenvalue weighted by atomic mass is 9.97. The van der Waals surface area contributed by atoms with Crippen molar-refractivity contribution >= 4 is 0 Å². The van der Waals surface area contributed by atoms with E-state index in [9.17, 15) is 5.11 Å². The number of aliphatic hydroxyl groups is 1. The normalized spacial score (nSPS) is 12.7. The summed E-state index contributed by atoms with van der Waals surface area (Å²) in [4.78, 5) is 0. The monoisotopic (exact) mass is 268 g/mol. The molecule has 1 unspecified atom stereocenters.